The van der Waals surface area contributed by atoms with Crippen molar-refractivity contribution in [3.05, 3.63) is 51.9 Å². The van der Waals surface area contributed by atoms with Gasteiger partial charge in [-0.15, -0.1) is 16.2 Å². The third kappa shape index (κ3) is 9.76. The molecule has 0 unspecified atom stereocenters. The van der Waals surface area contributed by atoms with Crippen molar-refractivity contribution in [1.29, 1.82) is 0 Å². The Balaban J connectivity index is 0.00000153. The van der Waals surface area contributed by atoms with Crippen LogP contribution in [-0.2, 0) is 6.18 Å². The van der Waals surface area contributed by atoms with Gasteiger partial charge in [0.1, 0.15) is 5.75 Å². The number of hydrogen-bond donors (Lipinski definition) is 1. The van der Waals surface area contributed by atoms with Crippen LogP contribution in [0.2, 0.25) is 0 Å². The van der Waals surface area contributed by atoms with Gasteiger partial charge in [-0.1, -0.05) is 59.3 Å². The molecule has 1 N–H and O–H groups in total. The third-order valence-electron chi connectivity index (χ3n) is 5.26. The summed E-state index contributed by atoms with van der Waals surface area (Å²) in [5.74, 6) is -0.0923. The van der Waals surface area contributed by atoms with Crippen molar-refractivity contribution in [1.82, 2.24) is 9.97 Å². The van der Waals surface area contributed by atoms with Crippen LogP contribution < -0.4 is 10.1 Å². The predicted molar refractivity (Wildman–Crippen MR) is 145 cm³/mol. The number of benzene rings is 1. The summed E-state index contributed by atoms with van der Waals surface area (Å²) in [5, 5.41) is 7.94. The molecular formula is C27H35F3N4O2S. The lowest BCUT2D eigenvalue weighted by molar-refractivity contribution is -0.138. The predicted octanol–water partition coefficient (Wildman–Crippen LogP) is 9.83. The second-order valence-electron chi connectivity index (χ2n) is 8.64. The van der Waals surface area contributed by atoms with E-state index in [-0.39, 0.29) is 23.9 Å². The Labute approximate surface area is 220 Å². The third-order valence-corrected chi connectivity index (χ3v) is 6.02. The number of thiazole rings is 1. The van der Waals surface area contributed by atoms with E-state index in [0.717, 1.165) is 43.7 Å². The molecule has 202 valence electrons. The van der Waals surface area contributed by atoms with E-state index in [2.05, 4.69) is 41.2 Å². The molecular weight excluding hydrogens is 501 g/mol. The largest absolute Gasteiger partial charge is 0.493 e. The zero-order valence-corrected chi connectivity index (χ0v) is 22.6. The highest BCUT2D eigenvalue weighted by molar-refractivity contribution is 7.14. The molecule has 0 atom stereocenters. The Morgan fingerprint density at radius 3 is 2.41 bits per heavy atom. The zero-order valence-electron chi connectivity index (χ0n) is 21.8. The first-order valence-electron chi connectivity index (χ1n) is 12.6. The normalized spacial score (nSPS) is 11.0. The smallest absolute Gasteiger partial charge is 0.420 e. The Morgan fingerprint density at radius 1 is 1.05 bits per heavy atom. The fourth-order valence-electron chi connectivity index (χ4n) is 3.46. The van der Waals surface area contributed by atoms with E-state index in [9.17, 15) is 18.1 Å². The minimum atomic E-state index is -4.54. The number of anilines is 2. The van der Waals surface area contributed by atoms with Crippen LogP contribution in [0.15, 0.2) is 41.0 Å². The molecule has 0 radical (unpaired) electrons. The number of nitrogens with one attached hydrogen (secondary N) is 1. The van der Waals surface area contributed by atoms with E-state index in [1.807, 2.05) is 0 Å². The van der Waals surface area contributed by atoms with Gasteiger partial charge in [0.2, 0.25) is 0 Å². The second-order valence-corrected chi connectivity index (χ2v) is 9.50. The number of aromatic nitrogens is 2. The summed E-state index contributed by atoms with van der Waals surface area (Å²) in [7, 11) is 0. The molecule has 0 bridgehead atoms. The first-order chi connectivity index (χ1) is 17.7. The van der Waals surface area contributed by atoms with Gasteiger partial charge in [0, 0.05) is 22.8 Å². The Hall–Kier alpha value is -3.01. The van der Waals surface area contributed by atoms with Crippen molar-refractivity contribution in [2.75, 3.05) is 11.9 Å². The first kappa shape index (κ1) is 30.2. The van der Waals surface area contributed by atoms with E-state index >= 15 is 0 Å². The number of nitroso groups, excluding NO2 is 1. The summed E-state index contributed by atoms with van der Waals surface area (Å²) in [6.07, 6.45) is 4.40. The second kappa shape index (κ2) is 15.3. The number of nitrogens with zero attached hydrogens (tertiary/aromatic N) is 3. The molecule has 1 aromatic carbocycles. The van der Waals surface area contributed by atoms with Crippen LogP contribution in [0, 0.1) is 11.8 Å². The van der Waals surface area contributed by atoms with Gasteiger partial charge in [-0.05, 0) is 48.4 Å². The molecule has 0 aliphatic heterocycles. The van der Waals surface area contributed by atoms with Gasteiger partial charge in [0.15, 0.2) is 10.9 Å². The number of unbranched alkanes of at least 4 members (excludes halogenated alkanes) is 5. The molecule has 0 saturated carbocycles. The van der Waals surface area contributed by atoms with E-state index in [0.29, 0.717) is 16.4 Å². The average molecular weight is 537 g/mol. The highest BCUT2D eigenvalue weighted by atomic mass is 32.1. The molecule has 37 heavy (non-hydrogen) atoms. The van der Waals surface area contributed by atoms with Crippen LogP contribution in [0.1, 0.15) is 76.8 Å². The highest BCUT2D eigenvalue weighted by Gasteiger charge is 2.34. The van der Waals surface area contributed by atoms with Crippen LogP contribution in [0.4, 0.5) is 29.8 Å². The Kier molecular flexibility index (Phi) is 12.5. The molecule has 0 amide bonds. The van der Waals surface area contributed by atoms with Gasteiger partial charge >= 0.3 is 6.18 Å². The lowest BCUT2D eigenvalue weighted by atomic mass is 10.1. The van der Waals surface area contributed by atoms with Gasteiger partial charge < -0.3 is 10.1 Å². The summed E-state index contributed by atoms with van der Waals surface area (Å²) in [5.41, 5.74) is 1.52. The van der Waals surface area contributed by atoms with Gasteiger partial charge in [0.25, 0.3) is 0 Å². The molecule has 0 spiro atoms. The lowest BCUT2D eigenvalue weighted by Gasteiger charge is -2.15. The molecule has 0 aliphatic rings. The van der Waals surface area contributed by atoms with E-state index in [4.69, 9.17) is 4.74 Å². The fraction of sp³-hybridized carbons (Fsp3) is 0.481. The fourth-order valence-corrected chi connectivity index (χ4v) is 4.19. The highest BCUT2D eigenvalue weighted by Crippen LogP contribution is 2.39. The van der Waals surface area contributed by atoms with Crippen molar-refractivity contribution in [2.24, 2.45) is 5.18 Å². The summed E-state index contributed by atoms with van der Waals surface area (Å²) < 4.78 is 46.4. The number of hydrogen-bond acceptors (Lipinski definition) is 7. The standard InChI is InChI=1S/C24H27F3N4O2S.C3H8/c1-3-4-5-6-7-8-11-33-21-10-9-17(13-19(21)24(25,26)27)29-23-30-20(15-34-23)18-14-28-22(31-32)12-16(18)2;1-3-2/h9-10,12-15H,3-8,11H2,1-2H3,(H,29,30);3H2,1-2H3. The van der Waals surface area contributed by atoms with Crippen LogP contribution in [0.25, 0.3) is 11.3 Å². The van der Waals surface area contributed by atoms with Crippen LogP contribution >= 0.6 is 11.3 Å². The quantitative estimate of drug-likeness (QED) is 0.184. The maximum atomic E-state index is 13.7. The first-order valence-corrected chi connectivity index (χ1v) is 13.5. The summed E-state index contributed by atoms with van der Waals surface area (Å²) >= 11 is 1.25. The number of aryl methyl sites for hydroxylation is 1. The molecule has 0 saturated heterocycles. The topological polar surface area (TPSA) is 76.5 Å². The van der Waals surface area contributed by atoms with Gasteiger partial charge in [-0.2, -0.15) is 13.2 Å². The van der Waals surface area contributed by atoms with E-state index in [1.54, 1.807) is 24.4 Å². The molecule has 2 aromatic heterocycles. The zero-order chi connectivity index (χ0) is 27.3. The molecule has 0 fully saturated rings. The Morgan fingerprint density at radius 2 is 1.76 bits per heavy atom. The number of pyridine rings is 1. The lowest BCUT2D eigenvalue weighted by Crippen LogP contribution is -2.10. The average Bonchev–Trinajstić information content (AvgIpc) is 3.32. The summed E-state index contributed by atoms with van der Waals surface area (Å²) in [4.78, 5) is 19.0. The van der Waals surface area contributed by atoms with E-state index in [1.165, 1.54) is 36.4 Å². The van der Waals surface area contributed by atoms with Crippen LogP contribution in [0.5, 0.6) is 5.75 Å². The maximum Gasteiger partial charge on any atom is 0.420 e. The molecule has 3 aromatic rings. The van der Waals surface area contributed by atoms with E-state index < -0.39 is 11.7 Å². The monoisotopic (exact) mass is 536 g/mol. The maximum absolute atomic E-state index is 13.7. The van der Waals surface area contributed by atoms with Crippen LogP contribution in [-0.4, -0.2) is 16.6 Å². The minimum Gasteiger partial charge on any atom is -0.493 e. The van der Waals surface area contributed by atoms with Crippen molar-refractivity contribution >= 4 is 28.0 Å². The summed E-state index contributed by atoms with van der Waals surface area (Å²) in [6.45, 7) is 8.44. The van der Waals surface area contributed by atoms with Crippen molar-refractivity contribution in [3.63, 3.8) is 0 Å². The minimum absolute atomic E-state index is 0.0771. The van der Waals surface area contributed by atoms with Crippen molar-refractivity contribution < 1.29 is 17.9 Å². The van der Waals surface area contributed by atoms with Crippen molar-refractivity contribution in [3.8, 4) is 17.0 Å². The number of ether oxygens (including phenoxy) is 1. The SMILES string of the molecule is CCC.CCCCCCCCOc1ccc(Nc2nc(-c3cnc(N=O)cc3C)cs2)cc1C(F)(F)F. The Bertz CT molecular complexity index is 1120. The molecule has 0 aliphatic carbocycles. The number of halogens is 3. The van der Waals surface area contributed by atoms with Crippen LogP contribution in [0.3, 0.4) is 0 Å². The molecule has 2 heterocycles. The summed E-state index contributed by atoms with van der Waals surface area (Å²) in [6, 6.07) is 5.48. The van der Waals surface area contributed by atoms with Gasteiger partial charge in [-0.3, -0.25) is 0 Å². The number of rotatable bonds is 12. The molecule has 10 heteroatoms. The number of alkyl halides is 3. The van der Waals surface area contributed by atoms with Crippen molar-refractivity contribution in [2.45, 2.75) is 78.8 Å². The molecule has 3 rings (SSSR count). The van der Waals surface area contributed by atoms with Gasteiger partial charge in [0.05, 0.1) is 17.9 Å². The van der Waals surface area contributed by atoms with Gasteiger partial charge in [-0.25, -0.2) is 9.97 Å². The molecule has 6 nitrogen and oxygen atoms in total.